The Labute approximate surface area is 148 Å². The summed E-state index contributed by atoms with van der Waals surface area (Å²) in [5.74, 6) is 2.59. The minimum absolute atomic E-state index is 0.459. The van der Waals surface area contributed by atoms with Crippen molar-refractivity contribution in [3.63, 3.8) is 0 Å². The Bertz CT molecular complexity index is 764. The molecule has 130 valence electrons. The van der Waals surface area contributed by atoms with E-state index in [1.807, 2.05) is 30.3 Å². The van der Waals surface area contributed by atoms with Crippen LogP contribution in [0, 0.1) is 11.3 Å². The summed E-state index contributed by atoms with van der Waals surface area (Å²) in [5, 5.41) is 9.00. The number of methoxy groups -OCH3 is 2. The van der Waals surface area contributed by atoms with Gasteiger partial charge in [0.25, 0.3) is 0 Å². The summed E-state index contributed by atoms with van der Waals surface area (Å²) in [5.41, 5.74) is 1.58. The summed E-state index contributed by atoms with van der Waals surface area (Å²) < 4.78 is 10.8. The average Bonchev–Trinajstić information content (AvgIpc) is 2.68. The van der Waals surface area contributed by atoms with Crippen LogP contribution in [0.1, 0.15) is 11.3 Å². The van der Waals surface area contributed by atoms with E-state index in [1.165, 1.54) is 0 Å². The Morgan fingerprint density at radius 2 is 1.88 bits per heavy atom. The van der Waals surface area contributed by atoms with E-state index in [9.17, 15) is 0 Å². The molecule has 1 aliphatic rings. The van der Waals surface area contributed by atoms with Crippen molar-refractivity contribution in [2.75, 3.05) is 45.3 Å². The van der Waals surface area contributed by atoms with Crippen LogP contribution in [-0.2, 0) is 6.54 Å². The van der Waals surface area contributed by atoms with Crippen LogP contribution in [0.5, 0.6) is 11.5 Å². The van der Waals surface area contributed by atoms with E-state index in [0.29, 0.717) is 5.69 Å². The number of hydrogen-bond donors (Lipinski definition) is 0. The van der Waals surface area contributed by atoms with Gasteiger partial charge in [0, 0.05) is 38.3 Å². The van der Waals surface area contributed by atoms with Crippen LogP contribution in [0.25, 0.3) is 0 Å². The maximum atomic E-state index is 9.00. The van der Waals surface area contributed by atoms with Crippen molar-refractivity contribution in [3.8, 4) is 17.6 Å². The average molecular weight is 338 g/mol. The zero-order chi connectivity index (χ0) is 17.6. The molecule has 0 bridgehead atoms. The lowest BCUT2D eigenvalue weighted by molar-refractivity contribution is 0.245. The highest BCUT2D eigenvalue weighted by atomic mass is 16.5. The molecule has 1 aromatic heterocycles. The third-order valence-corrected chi connectivity index (χ3v) is 4.43. The van der Waals surface area contributed by atoms with Gasteiger partial charge in [-0.2, -0.15) is 5.26 Å². The van der Waals surface area contributed by atoms with Gasteiger partial charge in [-0.05, 0) is 30.3 Å². The van der Waals surface area contributed by atoms with Crippen LogP contribution >= 0.6 is 0 Å². The molecular formula is C19H22N4O2. The molecule has 2 aromatic rings. The molecule has 0 unspecified atom stereocenters. The minimum Gasteiger partial charge on any atom is -0.497 e. The van der Waals surface area contributed by atoms with E-state index in [4.69, 9.17) is 14.7 Å². The molecule has 0 atom stereocenters. The van der Waals surface area contributed by atoms with Gasteiger partial charge < -0.3 is 14.4 Å². The van der Waals surface area contributed by atoms with Gasteiger partial charge in [-0.15, -0.1) is 0 Å². The molecule has 1 saturated heterocycles. The fraction of sp³-hybridized carbons (Fsp3) is 0.368. The molecule has 1 aliphatic heterocycles. The molecular weight excluding hydrogens is 316 g/mol. The Morgan fingerprint density at radius 3 is 2.56 bits per heavy atom. The topological polar surface area (TPSA) is 61.6 Å². The normalized spacial score (nSPS) is 14.8. The summed E-state index contributed by atoms with van der Waals surface area (Å²) >= 11 is 0. The first-order valence-corrected chi connectivity index (χ1v) is 8.29. The monoisotopic (exact) mass is 338 g/mol. The van der Waals surface area contributed by atoms with Gasteiger partial charge in [0.05, 0.1) is 14.2 Å². The number of piperazine rings is 1. The molecule has 1 aromatic carbocycles. The maximum Gasteiger partial charge on any atom is 0.142 e. The van der Waals surface area contributed by atoms with E-state index >= 15 is 0 Å². The van der Waals surface area contributed by atoms with E-state index in [0.717, 1.165) is 55.6 Å². The number of ether oxygens (including phenoxy) is 2. The van der Waals surface area contributed by atoms with Crippen LogP contribution in [0.15, 0.2) is 36.4 Å². The van der Waals surface area contributed by atoms with Gasteiger partial charge in [-0.3, -0.25) is 4.90 Å². The number of nitrogens with zero attached hydrogens (tertiary/aromatic N) is 4. The lowest BCUT2D eigenvalue weighted by Gasteiger charge is -2.35. The number of nitriles is 1. The molecule has 6 nitrogen and oxygen atoms in total. The molecule has 0 radical (unpaired) electrons. The van der Waals surface area contributed by atoms with Crippen LogP contribution in [0.4, 0.5) is 5.82 Å². The Morgan fingerprint density at radius 1 is 1.08 bits per heavy atom. The van der Waals surface area contributed by atoms with Gasteiger partial charge in [0.1, 0.15) is 29.1 Å². The molecule has 0 aliphatic carbocycles. The molecule has 6 heteroatoms. The van der Waals surface area contributed by atoms with Gasteiger partial charge in [-0.25, -0.2) is 4.98 Å². The first-order valence-electron chi connectivity index (χ1n) is 8.29. The molecule has 2 heterocycles. The van der Waals surface area contributed by atoms with Crippen molar-refractivity contribution < 1.29 is 9.47 Å². The third-order valence-electron chi connectivity index (χ3n) is 4.43. The van der Waals surface area contributed by atoms with Crippen molar-refractivity contribution in [3.05, 3.63) is 47.7 Å². The molecule has 0 spiro atoms. The number of anilines is 1. The number of rotatable bonds is 5. The van der Waals surface area contributed by atoms with Crippen molar-refractivity contribution >= 4 is 5.82 Å². The zero-order valence-electron chi connectivity index (χ0n) is 14.6. The second-order valence-corrected chi connectivity index (χ2v) is 5.93. The van der Waals surface area contributed by atoms with E-state index < -0.39 is 0 Å². The molecule has 0 saturated carbocycles. The largest absolute Gasteiger partial charge is 0.497 e. The third kappa shape index (κ3) is 4.01. The molecule has 25 heavy (non-hydrogen) atoms. The van der Waals surface area contributed by atoms with Crippen LogP contribution in [-0.4, -0.2) is 50.3 Å². The smallest absolute Gasteiger partial charge is 0.142 e. The SMILES string of the molecule is COc1ccc(OC)c(CN2CCN(c3cccc(C#N)n3)CC2)c1. The molecule has 1 fully saturated rings. The van der Waals surface area contributed by atoms with Crippen LogP contribution < -0.4 is 14.4 Å². The highest BCUT2D eigenvalue weighted by Gasteiger charge is 2.19. The minimum atomic E-state index is 0.459. The molecule has 0 amide bonds. The Kier molecular flexibility index (Phi) is 5.36. The second-order valence-electron chi connectivity index (χ2n) is 5.93. The van der Waals surface area contributed by atoms with Crippen molar-refractivity contribution in [1.29, 1.82) is 5.26 Å². The van der Waals surface area contributed by atoms with E-state index in [1.54, 1.807) is 20.3 Å². The summed E-state index contributed by atoms with van der Waals surface area (Å²) in [7, 11) is 3.36. The van der Waals surface area contributed by atoms with Gasteiger partial charge in [0.2, 0.25) is 0 Å². The summed E-state index contributed by atoms with van der Waals surface area (Å²) in [6.07, 6.45) is 0. The summed E-state index contributed by atoms with van der Waals surface area (Å²) in [4.78, 5) is 9.00. The molecule has 0 N–H and O–H groups in total. The van der Waals surface area contributed by atoms with Crippen molar-refractivity contribution in [2.45, 2.75) is 6.54 Å². The summed E-state index contributed by atoms with van der Waals surface area (Å²) in [6.45, 7) is 4.44. The number of aromatic nitrogens is 1. The Balaban J connectivity index is 1.64. The van der Waals surface area contributed by atoms with Crippen LogP contribution in [0.2, 0.25) is 0 Å². The van der Waals surface area contributed by atoms with Crippen LogP contribution in [0.3, 0.4) is 0 Å². The van der Waals surface area contributed by atoms with Gasteiger partial charge in [0.15, 0.2) is 0 Å². The van der Waals surface area contributed by atoms with E-state index in [-0.39, 0.29) is 0 Å². The van der Waals surface area contributed by atoms with Gasteiger partial charge in [-0.1, -0.05) is 6.07 Å². The highest BCUT2D eigenvalue weighted by molar-refractivity contribution is 5.43. The number of benzene rings is 1. The fourth-order valence-electron chi connectivity index (χ4n) is 3.04. The lowest BCUT2D eigenvalue weighted by atomic mass is 10.1. The number of hydrogen-bond acceptors (Lipinski definition) is 6. The standard InChI is InChI=1S/C19H22N4O2/c1-24-17-6-7-18(25-2)15(12-17)14-22-8-10-23(11-9-22)19-5-3-4-16(13-20)21-19/h3-7,12H,8-11,14H2,1-2H3. The summed E-state index contributed by atoms with van der Waals surface area (Å²) in [6, 6.07) is 13.6. The van der Waals surface area contributed by atoms with Crippen molar-refractivity contribution in [1.82, 2.24) is 9.88 Å². The Hall–Kier alpha value is -2.78. The predicted octanol–water partition coefficient (Wildman–Crippen LogP) is 2.29. The van der Waals surface area contributed by atoms with E-state index in [2.05, 4.69) is 20.9 Å². The highest BCUT2D eigenvalue weighted by Crippen LogP contribution is 2.26. The quantitative estimate of drug-likeness (QED) is 0.834. The zero-order valence-corrected chi connectivity index (χ0v) is 14.6. The first kappa shape index (κ1) is 17.1. The fourth-order valence-corrected chi connectivity index (χ4v) is 3.04. The van der Waals surface area contributed by atoms with Crippen molar-refractivity contribution in [2.24, 2.45) is 0 Å². The lowest BCUT2D eigenvalue weighted by Crippen LogP contribution is -2.46. The van der Waals surface area contributed by atoms with Gasteiger partial charge >= 0.3 is 0 Å². The molecule has 3 rings (SSSR count). The first-order chi connectivity index (χ1) is 12.2. The maximum absolute atomic E-state index is 9.00. The second kappa shape index (κ2) is 7.86. The number of pyridine rings is 1. The predicted molar refractivity (Wildman–Crippen MR) is 96.0 cm³/mol.